The van der Waals surface area contributed by atoms with Gasteiger partial charge >= 0.3 is 11.9 Å². The van der Waals surface area contributed by atoms with Crippen LogP contribution in [-0.4, -0.2) is 32.9 Å². The van der Waals surface area contributed by atoms with E-state index in [1.165, 1.54) is 0 Å². The number of hydrogen-bond donors (Lipinski definition) is 3. The summed E-state index contributed by atoms with van der Waals surface area (Å²) in [7, 11) is 0. The summed E-state index contributed by atoms with van der Waals surface area (Å²) in [6, 6.07) is 0. The summed E-state index contributed by atoms with van der Waals surface area (Å²) in [6.07, 6.45) is 6.27. The van der Waals surface area contributed by atoms with E-state index in [0.29, 0.717) is 6.42 Å². The molecular weight excluding hydrogens is 320 g/mol. The van der Waals surface area contributed by atoms with Gasteiger partial charge < -0.3 is 15.3 Å². The Labute approximate surface area is 150 Å². The second kappa shape index (κ2) is 5.83. The molecular formula is C20H32O5. The van der Waals surface area contributed by atoms with Crippen LogP contribution >= 0.6 is 0 Å². The third-order valence-electron chi connectivity index (χ3n) is 6.55. The fourth-order valence-corrected chi connectivity index (χ4v) is 5.72. The highest BCUT2D eigenvalue weighted by atomic mass is 16.4. The first kappa shape index (κ1) is 20.0. The van der Waals surface area contributed by atoms with Crippen molar-refractivity contribution in [2.75, 3.05) is 0 Å². The summed E-state index contributed by atoms with van der Waals surface area (Å²) in [5, 5.41) is 32.5. The smallest absolute Gasteiger partial charge is 0.324 e. The summed E-state index contributed by atoms with van der Waals surface area (Å²) >= 11 is 0. The van der Waals surface area contributed by atoms with E-state index in [4.69, 9.17) is 0 Å². The Kier molecular flexibility index (Phi) is 4.66. The molecule has 0 aromatic heterocycles. The quantitative estimate of drug-likeness (QED) is 0.531. The molecule has 25 heavy (non-hydrogen) atoms. The molecule has 142 valence electrons. The lowest BCUT2D eigenvalue weighted by molar-refractivity contribution is -0.251. The SMILES string of the molecule is CC(C)(C)C(O)(C(C)(C)C)C(C(=O)O)(C(=O)O)C1CC2C=CC1CC2. The Morgan fingerprint density at radius 2 is 1.36 bits per heavy atom. The van der Waals surface area contributed by atoms with Crippen molar-refractivity contribution in [3.63, 3.8) is 0 Å². The number of aliphatic hydroxyl groups is 1. The van der Waals surface area contributed by atoms with Crippen LogP contribution in [0.4, 0.5) is 0 Å². The molecule has 1 saturated carbocycles. The average molecular weight is 352 g/mol. The summed E-state index contributed by atoms with van der Waals surface area (Å²) < 4.78 is 0. The molecule has 0 aliphatic heterocycles. The van der Waals surface area contributed by atoms with Crippen LogP contribution in [0.1, 0.15) is 60.8 Å². The minimum absolute atomic E-state index is 0.131. The number of aliphatic carboxylic acids is 2. The third-order valence-corrected chi connectivity index (χ3v) is 6.55. The molecule has 3 atom stereocenters. The van der Waals surface area contributed by atoms with Gasteiger partial charge in [-0.1, -0.05) is 53.7 Å². The number of carboxylic acid groups (broad SMARTS) is 2. The molecule has 3 aliphatic carbocycles. The van der Waals surface area contributed by atoms with Gasteiger partial charge in [0, 0.05) is 0 Å². The normalized spacial score (nSPS) is 27.4. The second-order valence-corrected chi connectivity index (χ2v) is 9.86. The van der Waals surface area contributed by atoms with E-state index in [-0.39, 0.29) is 11.8 Å². The van der Waals surface area contributed by atoms with E-state index >= 15 is 0 Å². The molecule has 3 rings (SSSR count). The van der Waals surface area contributed by atoms with Crippen molar-refractivity contribution in [1.29, 1.82) is 0 Å². The van der Waals surface area contributed by atoms with Crippen LogP contribution in [0, 0.1) is 34.0 Å². The van der Waals surface area contributed by atoms with Crippen molar-refractivity contribution in [2.45, 2.75) is 66.4 Å². The fourth-order valence-electron chi connectivity index (χ4n) is 5.72. The molecule has 1 fully saturated rings. The van der Waals surface area contributed by atoms with Gasteiger partial charge in [-0.15, -0.1) is 0 Å². The molecule has 0 radical (unpaired) electrons. The number of rotatable bonds is 4. The van der Waals surface area contributed by atoms with Gasteiger partial charge in [-0.05, 0) is 47.8 Å². The number of fused-ring (bicyclic) bond motifs is 2. The van der Waals surface area contributed by atoms with Gasteiger partial charge in [-0.3, -0.25) is 9.59 Å². The van der Waals surface area contributed by atoms with Crippen molar-refractivity contribution >= 4 is 11.9 Å². The first-order chi connectivity index (χ1) is 11.2. The maximum absolute atomic E-state index is 12.6. The average Bonchev–Trinajstić information content (AvgIpc) is 2.46. The Bertz CT molecular complexity index is 562. The van der Waals surface area contributed by atoms with Gasteiger partial charge in [0.15, 0.2) is 5.41 Å². The topological polar surface area (TPSA) is 94.8 Å². The molecule has 5 nitrogen and oxygen atoms in total. The summed E-state index contributed by atoms with van der Waals surface area (Å²) in [5.41, 5.74) is -6.09. The molecule has 0 amide bonds. The second-order valence-electron chi connectivity index (χ2n) is 9.86. The Morgan fingerprint density at radius 1 is 0.880 bits per heavy atom. The van der Waals surface area contributed by atoms with Crippen LogP contribution in [0.25, 0.3) is 0 Å². The van der Waals surface area contributed by atoms with E-state index < -0.39 is 39.7 Å². The predicted molar refractivity (Wildman–Crippen MR) is 95.0 cm³/mol. The van der Waals surface area contributed by atoms with Crippen LogP contribution in [0.2, 0.25) is 0 Å². The Morgan fingerprint density at radius 3 is 1.60 bits per heavy atom. The molecule has 0 heterocycles. The zero-order valence-corrected chi connectivity index (χ0v) is 16.2. The van der Waals surface area contributed by atoms with Gasteiger partial charge in [0.1, 0.15) is 5.60 Å². The Hall–Kier alpha value is -1.36. The predicted octanol–water partition coefficient (Wildman–Crippen LogP) is 3.57. The summed E-state index contributed by atoms with van der Waals surface area (Å²) in [4.78, 5) is 25.2. The lowest BCUT2D eigenvalue weighted by atomic mass is 9.43. The lowest BCUT2D eigenvalue weighted by Crippen LogP contribution is -2.73. The van der Waals surface area contributed by atoms with Crippen molar-refractivity contribution in [2.24, 2.45) is 34.0 Å². The van der Waals surface area contributed by atoms with Crippen LogP contribution in [0.15, 0.2) is 12.2 Å². The van der Waals surface area contributed by atoms with E-state index in [1.807, 2.05) is 6.08 Å². The van der Waals surface area contributed by atoms with Crippen LogP contribution < -0.4 is 0 Å². The van der Waals surface area contributed by atoms with Crippen LogP contribution in [0.3, 0.4) is 0 Å². The summed E-state index contributed by atoms with van der Waals surface area (Å²) in [5.74, 6) is -3.43. The minimum Gasteiger partial charge on any atom is -0.480 e. The standard InChI is InChI=1S/C20H32O5/c1-17(2,3)20(25,18(4,5)6)19(15(21)22,16(23)24)14-11-12-7-9-13(14)10-8-12/h7,9,12-14,25H,8,10-11H2,1-6H3,(H,21,22)(H,23,24). The molecule has 0 aromatic rings. The van der Waals surface area contributed by atoms with Crippen molar-refractivity contribution in [1.82, 2.24) is 0 Å². The van der Waals surface area contributed by atoms with Crippen molar-refractivity contribution in [3.8, 4) is 0 Å². The number of allylic oxidation sites excluding steroid dienone is 2. The molecule has 0 saturated heterocycles. The molecule has 3 unspecified atom stereocenters. The van der Waals surface area contributed by atoms with Gasteiger partial charge in [0.2, 0.25) is 0 Å². The van der Waals surface area contributed by atoms with E-state index in [2.05, 4.69) is 6.08 Å². The summed E-state index contributed by atoms with van der Waals surface area (Å²) in [6.45, 7) is 10.4. The van der Waals surface area contributed by atoms with Crippen LogP contribution in [-0.2, 0) is 9.59 Å². The van der Waals surface area contributed by atoms with Crippen molar-refractivity contribution < 1.29 is 24.9 Å². The van der Waals surface area contributed by atoms with Gasteiger partial charge in [-0.25, -0.2) is 0 Å². The van der Waals surface area contributed by atoms with Crippen molar-refractivity contribution in [3.05, 3.63) is 12.2 Å². The lowest BCUT2D eigenvalue weighted by Gasteiger charge is -2.60. The number of carboxylic acids is 2. The van der Waals surface area contributed by atoms with Gasteiger partial charge in [-0.2, -0.15) is 0 Å². The van der Waals surface area contributed by atoms with Gasteiger partial charge in [0.25, 0.3) is 0 Å². The molecule has 3 aliphatic rings. The molecule has 0 aromatic carbocycles. The Balaban J connectivity index is 2.82. The van der Waals surface area contributed by atoms with Crippen LogP contribution in [0.5, 0.6) is 0 Å². The maximum Gasteiger partial charge on any atom is 0.324 e. The molecule has 3 N–H and O–H groups in total. The molecule has 0 spiro atoms. The van der Waals surface area contributed by atoms with E-state index in [1.54, 1.807) is 41.5 Å². The van der Waals surface area contributed by atoms with E-state index in [0.717, 1.165) is 12.8 Å². The maximum atomic E-state index is 12.6. The van der Waals surface area contributed by atoms with E-state index in [9.17, 15) is 24.9 Å². The zero-order chi connectivity index (χ0) is 19.4. The third kappa shape index (κ3) is 2.54. The molecule has 5 heteroatoms. The number of carbonyl (C=O) groups is 2. The highest BCUT2D eigenvalue weighted by Gasteiger charge is 2.74. The van der Waals surface area contributed by atoms with Gasteiger partial charge in [0.05, 0.1) is 0 Å². The monoisotopic (exact) mass is 352 g/mol. The first-order valence-corrected chi connectivity index (χ1v) is 9.08. The zero-order valence-electron chi connectivity index (χ0n) is 16.2. The highest BCUT2D eigenvalue weighted by Crippen LogP contribution is 2.62. The fraction of sp³-hybridized carbons (Fsp3) is 0.800. The highest BCUT2D eigenvalue weighted by molar-refractivity contribution is 6.01. The number of hydrogen-bond acceptors (Lipinski definition) is 3. The largest absolute Gasteiger partial charge is 0.480 e. The first-order valence-electron chi connectivity index (χ1n) is 9.08. The minimum atomic E-state index is -2.27. The molecule has 2 bridgehead atoms.